The van der Waals surface area contributed by atoms with Crippen molar-refractivity contribution in [2.75, 3.05) is 4.90 Å². The largest absolute Gasteiger partial charge is 0.456 e. The van der Waals surface area contributed by atoms with Crippen LogP contribution < -0.4 is 4.90 Å². The van der Waals surface area contributed by atoms with E-state index in [2.05, 4.69) is 186 Å². The lowest BCUT2D eigenvalue weighted by molar-refractivity contribution is 0.669. The predicted molar refractivity (Wildman–Crippen MR) is 225 cm³/mol. The van der Waals surface area contributed by atoms with Gasteiger partial charge in [-0.3, -0.25) is 0 Å². The van der Waals surface area contributed by atoms with Gasteiger partial charge in [0.2, 0.25) is 0 Å². The summed E-state index contributed by atoms with van der Waals surface area (Å²) in [6.45, 7) is 0. The van der Waals surface area contributed by atoms with Crippen LogP contribution in [0.15, 0.2) is 191 Å². The molecular formula is C50H37NOS. The number of thioether (sulfide) groups is 1. The van der Waals surface area contributed by atoms with Gasteiger partial charge in [-0.25, -0.2) is 0 Å². The standard InChI is InChI=1S/C50H37NOS/c1-3-13-43-37(9-1)19-21-39-11-7-15-46(50(39)43)51(41-27-22-35(23-28-41)34-12-8-32-53-49-17-6-2-10-38(49)20-18-34)42-29-24-36(25-30-42)40-26-31-48-45(33-40)44-14-4-5-16-47(44)52-48/h1-11,13-34,37,43H,12H2/b20-18+,32-8+. The summed E-state index contributed by atoms with van der Waals surface area (Å²) in [4.78, 5) is 3.74. The summed E-state index contributed by atoms with van der Waals surface area (Å²) < 4.78 is 6.12. The average Bonchev–Trinajstić information content (AvgIpc) is 3.64. The number of anilines is 3. The summed E-state index contributed by atoms with van der Waals surface area (Å²) in [5, 5.41) is 4.53. The summed E-state index contributed by atoms with van der Waals surface area (Å²) in [6.07, 6.45) is 21.6. The number of benzene rings is 6. The van der Waals surface area contributed by atoms with Crippen molar-refractivity contribution in [3.63, 3.8) is 0 Å². The molecule has 0 bridgehead atoms. The first-order valence-corrected chi connectivity index (χ1v) is 19.3. The first-order valence-electron chi connectivity index (χ1n) is 18.4. The van der Waals surface area contributed by atoms with E-state index in [0.717, 1.165) is 39.7 Å². The molecule has 3 aliphatic rings. The Morgan fingerprint density at radius 2 is 1.32 bits per heavy atom. The quantitative estimate of drug-likeness (QED) is 0.178. The van der Waals surface area contributed by atoms with Crippen molar-refractivity contribution >= 4 is 62.9 Å². The molecule has 0 amide bonds. The van der Waals surface area contributed by atoms with Crippen LogP contribution in [-0.2, 0) is 0 Å². The molecule has 0 fully saturated rings. The minimum atomic E-state index is 0.283. The molecule has 0 spiro atoms. The molecule has 2 heterocycles. The number of fused-ring (bicyclic) bond motifs is 7. The predicted octanol–water partition coefficient (Wildman–Crippen LogP) is 14.4. The van der Waals surface area contributed by atoms with E-state index in [1.807, 2.05) is 12.1 Å². The lowest BCUT2D eigenvalue weighted by atomic mass is 9.76. The van der Waals surface area contributed by atoms with Crippen LogP contribution >= 0.6 is 11.8 Å². The van der Waals surface area contributed by atoms with Gasteiger partial charge in [-0.05, 0) is 99.8 Å². The average molecular weight is 700 g/mol. The molecule has 3 heteroatoms. The van der Waals surface area contributed by atoms with Crippen LogP contribution in [0.1, 0.15) is 40.5 Å². The molecule has 7 aromatic rings. The van der Waals surface area contributed by atoms with Crippen molar-refractivity contribution in [1.82, 2.24) is 0 Å². The molecule has 1 aromatic heterocycles. The lowest BCUT2D eigenvalue weighted by Gasteiger charge is -2.34. The zero-order valence-corrected chi connectivity index (χ0v) is 30.0. The van der Waals surface area contributed by atoms with E-state index in [4.69, 9.17) is 4.42 Å². The van der Waals surface area contributed by atoms with Crippen molar-refractivity contribution in [3.05, 3.63) is 204 Å². The minimum Gasteiger partial charge on any atom is -0.456 e. The van der Waals surface area contributed by atoms with Crippen LogP contribution in [0.2, 0.25) is 0 Å². The van der Waals surface area contributed by atoms with Gasteiger partial charge >= 0.3 is 0 Å². The Labute approximate surface area is 314 Å². The number of nitrogens with zero attached hydrogens (tertiary/aromatic N) is 1. The Kier molecular flexibility index (Phi) is 8.07. The fourth-order valence-corrected chi connectivity index (χ4v) is 8.97. The highest BCUT2D eigenvalue weighted by atomic mass is 32.2. The SMILES string of the molecule is C1=CC2C=Cc3cccc(N(c4ccc(-c5ccc6oc7ccccc7c6c5)cc4)c4ccc(C5/C=C/c6ccccc6S/C=C/C5)cc4)c3C2C=C1. The Balaban J connectivity index is 1.05. The first kappa shape index (κ1) is 31.7. The number of para-hydroxylation sites is 1. The van der Waals surface area contributed by atoms with Gasteiger partial charge in [0, 0.05) is 44.8 Å². The summed E-state index contributed by atoms with van der Waals surface area (Å²) in [7, 11) is 0. The Hall–Kier alpha value is -6.03. The second kappa shape index (κ2) is 13.5. The molecule has 1 aliphatic heterocycles. The third-order valence-corrected chi connectivity index (χ3v) is 11.8. The van der Waals surface area contributed by atoms with Crippen molar-refractivity contribution < 1.29 is 4.42 Å². The maximum atomic E-state index is 6.12. The van der Waals surface area contributed by atoms with Gasteiger partial charge in [0.1, 0.15) is 11.2 Å². The van der Waals surface area contributed by atoms with E-state index in [1.54, 1.807) is 11.8 Å². The van der Waals surface area contributed by atoms with Crippen molar-refractivity contribution in [2.24, 2.45) is 5.92 Å². The highest BCUT2D eigenvalue weighted by molar-refractivity contribution is 8.02. The highest BCUT2D eigenvalue weighted by Gasteiger charge is 2.29. The zero-order valence-electron chi connectivity index (χ0n) is 29.2. The van der Waals surface area contributed by atoms with Gasteiger partial charge in [-0.15, -0.1) is 0 Å². The van der Waals surface area contributed by atoms with Crippen LogP contribution in [0.25, 0.3) is 45.2 Å². The third-order valence-electron chi connectivity index (χ3n) is 10.9. The molecule has 0 radical (unpaired) electrons. The van der Waals surface area contributed by atoms with Crippen molar-refractivity contribution in [3.8, 4) is 11.1 Å². The van der Waals surface area contributed by atoms with Gasteiger partial charge in [-0.2, -0.15) is 0 Å². The zero-order chi connectivity index (χ0) is 35.1. The molecule has 53 heavy (non-hydrogen) atoms. The number of hydrogen-bond donors (Lipinski definition) is 0. The number of furan rings is 1. The monoisotopic (exact) mass is 699 g/mol. The van der Waals surface area contributed by atoms with Gasteiger partial charge in [0.15, 0.2) is 0 Å². The van der Waals surface area contributed by atoms with E-state index in [-0.39, 0.29) is 5.92 Å². The fourth-order valence-electron chi connectivity index (χ4n) is 8.19. The van der Waals surface area contributed by atoms with Crippen molar-refractivity contribution in [2.45, 2.75) is 23.2 Å². The van der Waals surface area contributed by atoms with Gasteiger partial charge < -0.3 is 9.32 Å². The van der Waals surface area contributed by atoms with E-state index < -0.39 is 0 Å². The first-order chi connectivity index (χ1) is 26.3. The van der Waals surface area contributed by atoms with E-state index in [0.29, 0.717) is 11.8 Å². The van der Waals surface area contributed by atoms with Gasteiger partial charge in [-0.1, -0.05) is 145 Å². The molecule has 10 rings (SSSR count). The van der Waals surface area contributed by atoms with Crippen LogP contribution in [0.5, 0.6) is 0 Å². The van der Waals surface area contributed by atoms with Crippen LogP contribution in [0.4, 0.5) is 17.1 Å². The van der Waals surface area contributed by atoms with E-state index >= 15 is 0 Å². The molecule has 2 aliphatic carbocycles. The summed E-state index contributed by atoms with van der Waals surface area (Å²) in [5.74, 6) is 0.921. The lowest BCUT2D eigenvalue weighted by Crippen LogP contribution is -2.19. The Morgan fingerprint density at radius 3 is 2.23 bits per heavy atom. The molecule has 2 nitrogen and oxygen atoms in total. The number of hydrogen-bond acceptors (Lipinski definition) is 3. The molecule has 3 unspecified atom stereocenters. The van der Waals surface area contributed by atoms with E-state index in [1.165, 1.54) is 44.0 Å². The van der Waals surface area contributed by atoms with Gasteiger partial charge in [0.25, 0.3) is 0 Å². The minimum absolute atomic E-state index is 0.283. The summed E-state index contributed by atoms with van der Waals surface area (Å²) >= 11 is 1.80. The highest BCUT2D eigenvalue weighted by Crippen LogP contribution is 2.47. The fraction of sp³-hybridized carbons (Fsp3) is 0.0800. The second-order valence-electron chi connectivity index (χ2n) is 14.0. The van der Waals surface area contributed by atoms with Gasteiger partial charge in [0.05, 0.1) is 5.69 Å². The number of allylic oxidation sites excluding steroid dienone is 7. The molecule has 0 saturated heterocycles. The smallest absolute Gasteiger partial charge is 0.135 e. The van der Waals surface area contributed by atoms with Crippen LogP contribution in [0.3, 0.4) is 0 Å². The van der Waals surface area contributed by atoms with Crippen LogP contribution in [0, 0.1) is 5.92 Å². The maximum Gasteiger partial charge on any atom is 0.135 e. The summed E-state index contributed by atoms with van der Waals surface area (Å²) in [6, 6.07) is 48.5. The second-order valence-corrected chi connectivity index (χ2v) is 15.0. The van der Waals surface area contributed by atoms with Crippen molar-refractivity contribution in [1.29, 1.82) is 0 Å². The molecule has 0 N–H and O–H groups in total. The molecule has 254 valence electrons. The van der Waals surface area contributed by atoms with E-state index in [9.17, 15) is 0 Å². The maximum absolute atomic E-state index is 6.12. The molecular weight excluding hydrogens is 663 g/mol. The Morgan fingerprint density at radius 1 is 0.585 bits per heavy atom. The molecule has 0 saturated carbocycles. The normalized spacial score (nSPS) is 19.8. The third kappa shape index (κ3) is 5.88. The van der Waals surface area contributed by atoms with Crippen LogP contribution in [-0.4, -0.2) is 0 Å². The molecule has 3 atom stereocenters. The molecule has 6 aromatic carbocycles. The number of rotatable bonds is 5. The summed E-state index contributed by atoms with van der Waals surface area (Å²) in [5.41, 5.74) is 12.9. The Bertz CT molecular complexity index is 2640. The topological polar surface area (TPSA) is 16.4 Å².